The molecule has 2 atom stereocenters. The minimum atomic E-state index is -0.0420. The summed E-state index contributed by atoms with van der Waals surface area (Å²) in [4.78, 5) is 24.7. The highest BCUT2D eigenvalue weighted by Crippen LogP contribution is 2.25. The van der Waals surface area contributed by atoms with Crippen molar-refractivity contribution in [2.24, 2.45) is 0 Å². The summed E-state index contributed by atoms with van der Waals surface area (Å²) in [7, 11) is 0. The Labute approximate surface area is 190 Å². The summed E-state index contributed by atoms with van der Waals surface area (Å²) >= 11 is 0. The first-order valence-corrected chi connectivity index (χ1v) is 11.2. The number of ether oxygens (including phenoxy) is 1. The smallest absolute Gasteiger partial charge is 0.227 e. The Morgan fingerprint density at radius 2 is 2.12 bits per heavy atom. The van der Waals surface area contributed by atoms with Crippen molar-refractivity contribution in [1.82, 2.24) is 15.3 Å². The molecule has 0 radical (unpaired) electrons. The fraction of sp³-hybridized carbons (Fsp3) is 0.500. The highest BCUT2D eigenvalue weighted by molar-refractivity contribution is 5.73. The van der Waals surface area contributed by atoms with Gasteiger partial charge in [0.15, 0.2) is 0 Å². The fourth-order valence-electron chi connectivity index (χ4n) is 3.88. The summed E-state index contributed by atoms with van der Waals surface area (Å²) < 4.78 is 6.19. The zero-order valence-corrected chi connectivity index (χ0v) is 19.1. The van der Waals surface area contributed by atoms with Crippen molar-refractivity contribution in [1.29, 1.82) is 5.26 Å². The molecule has 1 aliphatic heterocycles. The van der Waals surface area contributed by atoms with Crippen molar-refractivity contribution < 1.29 is 9.53 Å². The largest absolute Gasteiger partial charge is 0.489 e. The number of nitrogens with one attached hydrogen (secondary N) is 1. The Kier molecular flexibility index (Phi) is 8.26. The van der Waals surface area contributed by atoms with E-state index >= 15 is 0 Å². The van der Waals surface area contributed by atoms with Crippen LogP contribution in [0.25, 0.3) is 0 Å². The summed E-state index contributed by atoms with van der Waals surface area (Å²) in [5.41, 5.74) is 1.04. The van der Waals surface area contributed by atoms with Crippen LogP contribution >= 0.6 is 0 Å². The summed E-state index contributed by atoms with van der Waals surface area (Å²) in [6, 6.07) is 12.0. The number of carbonyl (C=O) groups is 1. The molecule has 8 nitrogen and oxygen atoms in total. The predicted octanol–water partition coefficient (Wildman–Crippen LogP) is 3.46. The summed E-state index contributed by atoms with van der Waals surface area (Å²) in [6.45, 7) is 8.68. The molecule has 1 aromatic carbocycles. The van der Waals surface area contributed by atoms with Crippen LogP contribution in [0.15, 0.2) is 36.5 Å². The number of carbonyl (C=O) groups excluding carboxylic acids is 1. The van der Waals surface area contributed by atoms with Gasteiger partial charge >= 0.3 is 0 Å². The van der Waals surface area contributed by atoms with Gasteiger partial charge < -0.3 is 19.9 Å². The van der Waals surface area contributed by atoms with Gasteiger partial charge in [0.25, 0.3) is 0 Å². The van der Waals surface area contributed by atoms with E-state index in [9.17, 15) is 4.79 Å². The molecule has 3 rings (SSSR count). The molecule has 32 heavy (non-hydrogen) atoms. The molecule has 2 heterocycles. The van der Waals surface area contributed by atoms with Crippen LogP contribution in [0.1, 0.15) is 51.6 Å². The molecule has 170 valence electrons. The van der Waals surface area contributed by atoms with Crippen LogP contribution in [-0.4, -0.2) is 48.2 Å². The summed E-state index contributed by atoms with van der Waals surface area (Å²) in [6.07, 6.45) is 4.21. The monoisotopic (exact) mass is 436 g/mol. The van der Waals surface area contributed by atoms with E-state index in [0.29, 0.717) is 18.9 Å². The standard InChI is InChI=1S/C24H32N6O2/c1-4-14-29(15-5-12-25)24-26-13-10-23(28-24)30-16-11-22(17-30)32-21-8-6-20(7-9-21)18(2)27-19(3)31/h6-10,13,18,22H,4-5,11,14-17H2,1-3H3,(H,27,31)/t18-,22+/m0/s1. The molecule has 1 aromatic heterocycles. The van der Waals surface area contributed by atoms with E-state index in [4.69, 9.17) is 15.0 Å². The number of anilines is 2. The number of nitriles is 1. The van der Waals surface area contributed by atoms with Gasteiger partial charge in [0.1, 0.15) is 17.7 Å². The maximum atomic E-state index is 11.2. The highest BCUT2D eigenvalue weighted by Gasteiger charge is 2.26. The SMILES string of the molecule is CCCN(CCC#N)c1nccc(N2CC[C@@H](Oc3ccc([C@H](C)NC(C)=O)cc3)C2)n1. The molecule has 0 unspecified atom stereocenters. The predicted molar refractivity (Wildman–Crippen MR) is 125 cm³/mol. The normalized spacial score (nSPS) is 16.3. The molecule has 1 amide bonds. The van der Waals surface area contributed by atoms with Crippen LogP contribution in [0, 0.1) is 11.3 Å². The van der Waals surface area contributed by atoms with Crippen molar-refractivity contribution in [2.45, 2.75) is 52.2 Å². The van der Waals surface area contributed by atoms with Gasteiger partial charge in [0.2, 0.25) is 11.9 Å². The zero-order valence-electron chi connectivity index (χ0n) is 19.1. The molecule has 1 aliphatic rings. The van der Waals surface area contributed by atoms with Crippen LogP contribution in [-0.2, 0) is 4.79 Å². The lowest BCUT2D eigenvalue weighted by molar-refractivity contribution is -0.119. The number of hydrogen-bond donors (Lipinski definition) is 1. The first-order valence-electron chi connectivity index (χ1n) is 11.2. The maximum absolute atomic E-state index is 11.2. The van der Waals surface area contributed by atoms with Crippen LogP contribution < -0.4 is 19.9 Å². The lowest BCUT2D eigenvalue weighted by atomic mass is 10.1. The quantitative estimate of drug-likeness (QED) is 0.609. The molecule has 2 aromatic rings. The van der Waals surface area contributed by atoms with Crippen molar-refractivity contribution in [3.63, 3.8) is 0 Å². The Morgan fingerprint density at radius 1 is 1.34 bits per heavy atom. The van der Waals surface area contributed by atoms with Crippen LogP contribution in [0.2, 0.25) is 0 Å². The number of nitrogens with zero attached hydrogens (tertiary/aromatic N) is 5. The van der Waals surface area contributed by atoms with Crippen LogP contribution in [0.3, 0.4) is 0 Å². The van der Waals surface area contributed by atoms with E-state index in [1.54, 1.807) is 6.20 Å². The average Bonchev–Trinajstić information content (AvgIpc) is 3.25. The maximum Gasteiger partial charge on any atom is 0.227 e. The van der Waals surface area contributed by atoms with E-state index in [-0.39, 0.29) is 18.1 Å². The van der Waals surface area contributed by atoms with Crippen LogP contribution in [0.5, 0.6) is 5.75 Å². The second kappa shape index (κ2) is 11.3. The Morgan fingerprint density at radius 3 is 2.81 bits per heavy atom. The van der Waals surface area contributed by atoms with E-state index in [2.05, 4.69) is 33.1 Å². The first-order chi connectivity index (χ1) is 15.5. The second-order valence-corrected chi connectivity index (χ2v) is 8.08. The summed E-state index contributed by atoms with van der Waals surface area (Å²) in [5.74, 6) is 2.34. The molecular formula is C24H32N6O2. The van der Waals surface area contributed by atoms with E-state index in [0.717, 1.165) is 49.6 Å². The lowest BCUT2D eigenvalue weighted by Gasteiger charge is -2.23. The number of aromatic nitrogens is 2. The highest BCUT2D eigenvalue weighted by atomic mass is 16.5. The topological polar surface area (TPSA) is 94.4 Å². The Balaban J connectivity index is 1.59. The van der Waals surface area contributed by atoms with E-state index in [1.807, 2.05) is 37.3 Å². The molecular weight excluding hydrogens is 404 g/mol. The zero-order chi connectivity index (χ0) is 22.9. The minimum absolute atomic E-state index is 0.0316. The molecule has 1 fully saturated rings. The van der Waals surface area contributed by atoms with E-state index < -0.39 is 0 Å². The van der Waals surface area contributed by atoms with Gasteiger partial charge in [-0.2, -0.15) is 10.2 Å². The Hall–Kier alpha value is -3.34. The van der Waals surface area contributed by atoms with Gasteiger partial charge in [0.05, 0.1) is 25.1 Å². The molecule has 0 spiro atoms. The lowest BCUT2D eigenvalue weighted by Crippen LogP contribution is -2.29. The van der Waals surface area contributed by atoms with Gasteiger partial charge in [-0.05, 0) is 37.1 Å². The molecule has 1 N–H and O–H groups in total. The van der Waals surface area contributed by atoms with Crippen molar-refractivity contribution in [3.05, 3.63) is 42.1 Å². The minimum Gasteiger partial charge on any atom is -0.489 e. The van der Waals surface area contributed by atoms with Crippen molar-refractivity contribution in [3.8, 4) is 11.8 Å². The number of rotatable bonds is 10. The van der Waals surface area contributed by atoms with E-state index in [1.165, 1.54) is 6.92 Å². The van der Waals surface area contributed by atoms with Crippen molar-refractivity contribution >= 4 is 17.7 Å². The average molecular weight is 437 g/mol. The number of benzene rings is 1. The van der Waals surface area contributed by atoms with Gasteiger partial charge in [-0.3, -0.25) is 4.79 Å². The fourth-order valence-corrected chi connectivity index (χ4v) is 3.88. The first kappa shape index (κ1) is 23.3. The van der Waals surface area contributed by atoms with Gasteiger partial charge in [-0.25, -0.2) is 4.98 Å². The molecule has 8 heteroatoms. The molecule has 1 saturated heterocycles. The molecule has 0 bridgehead atoms. The van der Waals surface area contributed by atoms with Gasteiger partial charge in [0, 0.05) is 39.2 Å². The third kappa shape index (κ3) is 6.33. The Bertz CT molecular complexity index is 927. The van der Waals surface area contributed by atoms with Crippen molar-refractivity contribution in [2.75, 3.05) is 36.0 Å². The van der Waals surface area contributed by atoms with Crippen LogP contribution in [0.4, 0.5) is 11.8 Å². The van der Waals surface area contributed by atoms with Gasteiger partial charge in [-0.1, -0.05) is 19.1 Å². The number of amides is 1. The summed E-state index contributed by atoms with van der Waals surface area (Å²) in [5, 5.41) is 11.8. The third-order valence-electron chi connectivity index (χ3n) is 5.47. The third-order valence-corrected chi connectivity index (χ3v) is 5.47. The van der Waals surface area contributed by atoms with Gasteiger partial charge in [-0.15, -0.1) is 0 Å². The molecule has 0 saturated carbocycles. The number of hydrogen-bond acceptors (Lipinski definition) is 7. The second-order valence-electron chi connectivity index (χ2n) is 8.08. The molecule has 0 aliphatic carbocycles.